The predicted octanol–water partition coefficient (Wildman–Crippen LogP) is 3.22. The number of nitrogens with zero attached hydrogens (tertiary/aromatic N) is 3. The molecule has 5 nitrogen and oxygen atoms in total. The van der Waals surface area contributed by atoms with Crippen molar-refractivity contribution < 1.29 is 13.9 Å². The van der Waals surface area contributed by atoms with Crippen LogP contribution in [0, 0.1) is 5.95 Å². The van der Waals surface area contributed by atoms with E-state index in [2.05, 4.69) is 23.7 Å². The molecule has 0 radical (unpaired) electrons. The van der Waals surface area contributed by atoms with Crippen LogP contribution in [-0.2, 0) is 4.74 Å². The molecule has 0 saturated carbocycles. The third kappa shape index (κ3) is 4.64. The number of hydrogen-bond acceptors (Lipinski definition) is 4. The van der Waals surface area contributed by atoms with Crippen molar-refractivity contribution in [2.75, 3.05) is 19.6 Å². The van der Waals surface area contributed by atoms with Crippen molar-refractivity contribution in [3.63, 3.8) is 0 Å². The number of aromatic nitrogens is 1. The molecule has 2 rings (SSSR count). The van der Waals surface area contributed by atoms with Crippen molar-refractivity contribution in [3.8, 4) is 0 Å². The maximum Gasteiger partial charge on any atom is 0.410 e. The minimum atomic E-state index is -0.482. The van der Waals surface area contributed by atoms with Gasteiger partial charge in [-0.2, -0.15) is 4.39 Å². The predicted molar refractivity (Wildman–Crippen MR) is 86.6 cm³/mol. The molecule has 0 N–H and O–H groups in total. The quantitative estimate of drug-likeness (QED) is 0.784. The van der Waals surface area contributed by atoms with E-state index in [-0.39, 0.29) is 18.2 Å². The zero-order chi connectivity index (χ0) is 17.2. The van der Waals surface area contributed by atoms with Crippen molar-refractivity contribution in [1.29, 1.82) is 0 Å². The number of ether oxygens (including phenoxy) is 1. The Labute approximate surface area is 137 Å². The summed E-state index contributed by atoms with van der Waals surface area (Å²) in [6, 6.07) is 3.46. The molecule has 1 aromatic rings. The molecule has 1 aliphatic heterocycles. The van der Waals surface area contributed by atoms with Gasteiger partial charge in [-0.05, 0) is 46.2 Å². The Hall–Kier alpha value is -1.69. The zero-order valence-electron chi connectivity index (χ0n) is 14.5. The third-order valence-electron chi connectivity index (χ3n) is 4.06. The van der Waals surface area contributed by atoms with Crippen molar-refractivity contribution in [3.05, 3.63) is 29.8 Å². The standard InChI is InChI=1S/C17H26FN3O2/c1-12-11-20(16(22)23-17(3,4)5)8-9-21(12)13(2)14-6-7-15(18)19-10-14/h6-7,10,12-13H,8-9,11H2,1-5H3/t12-,13-/m1/s1. The van der Waals surface area contributed by atoms with Gasteiger partial charge in [-0.15, -0.1) is 0 Å². The van der Waals surface area contributed by atoms with Gasteiger partial charge in [0.2, 0.25) is 5.95 Å². The maximum absolute atomic E-state index is 13.0. The largest absolute Gasteiger partial charge is 0.444 e. The monoisotopic (exact) mass is 323 g/mol. The van der Waals surface area contributed by atoms with Crippen molar-refractivity contribution >= 4 is 6.09 Å². The topological polar surface area (TPSA) is 45.7 Å². The van der Waals surface area contributed by atoms with Crippen molar-refractivity contribution in [2.45, 2.75) is 52.3 Å². The normalized spacial score (nSPS) is 21.1. The first kappa shape index (κ1) is 17.7. The van der Waals surface area contributed by atoms with Crippen LogP contribution in [0.3, 0.4) is 0 Å². The molecule has 1 fully saturated rings. The Bertz CT molecular complexity index is 542. The first-order chi connectivity index (χ1) is 10.7. The van der Waals surface area contributed by atoms with Crippen molar-refractivity contribution in [2.24, 2.45) is 0 Å². The summed E-state index contributed by atoms with van der Waals surface area (Å²) in [5, 5.41) is 0. The molecule has 0 aromatic carbocycles. The summed E-state index contributed by atoms with van der Waals surface area (Å²) in [5.74, 6) is -0.469. The van der Waals surface area contributed by atoms with Gasteiger partial charge in [0.25, 0.3) is 0 Å². The van der Waals surface area contributed by atoms with Gasteiger partial charge in [0.05, 0.1) is 0 Å². The van der Waals surface area contributed by atoms with Gasteiger partial charge in [-0.3, -0.25) is 4.90 Å². The Morgan fingerprint density at radius 1 is 1.39 bits per heavy atom. The molecular formula is C17H26FN3O2. The van der Waals surface area contributed by atoms with E-state index < -0.39 is 11.5 Å². The molecule has 6 heteroatoms. The highest BCUT2D eigenvalue weighted by Gasteiger charge is 2.32. The Morgan fingerprint density at radius 3 is 2.61 bits per heavy atom. The number of piperazine rings is 1. The fourth-order valence-electron chi connectivity index (χ4n) is 2.87. The van der Waals surface area contributed by atoms with E-state index in [1.807, 2.05) is 20.8 Å². The lowest BCUT2D eigenvalue weighted by molar-refractivity contribution is -0.000751. The highest BCUT2D eigenvalue weighted by Crippen LogP contribution is 2.25. The molecule has 23 heavy (non-hydrogen) atoms. The van der Waals surface area contributed by atoms with E-state index in [0.29, 0.717) is 13.1 Å². The molecule has 128 valence electrons. The highest BCUT2D eigenvalue weighted by molar-refractivity contribution is 5.68. The summed E-state index contributed by atoms with van der Waals surface area (Å²) < 4.78 is 18.4. The van der Waals surface area contributed by atoms with Gasteiger partial charge in [0.1, 0.15) is 5.60 Å². The molecule has 1 aromatic heterocycles. The molecule has 1 saturated heterocycles. The van der Waals surface area contributed by atoms with Crippen LogP contribution in [-0.4, -0.2) is 52.2 Å². The van der Waals surface area contributed by atoms with Gasteiger partial charge >= 0.3 is 6.09 Å². The number of carbonyl (C=O) groups is 1. The van der Waals surface area contributed by atoms with Crippen LogP contribution < -0.4 is 0 Å². The molecule has 1 amide bonds. The van der Waals surface area contributed by atoms with Crippen LogP contribution in [0.4, 0.5) is 9.18 Å². The molecule has 2 heterocycles. The van der Waals surface area contributed by atoms with E-state index >= 15 is 0 Å². The molecule has 0 aliphatic carbocycles. The fraction of sp³-hybridized carbons (Fsp3) is 0.647. The molecule has 0 spiro atoms. The van der Waals surface area contributed by atoms with Gasteiger partial charge in [-0.25, -0.2) is 9.78 Å². The molecule has 2 atom stereocenters. The molecule has 0 unspecified atom stereocenters. The second kappa shape index (κ2) is 6.83. The van der Waals surface area contributed by atoms with E-state index in [9.17, 15) is 9.18 Å². The number of rotatable bonds is 2. The van der Waals surface area contributed by atoms with E-state index in [1.54, 1.807) is 17.2 Å². The van der Waals surface area contributed by atoms with E-state index in [0.717, 1.165) is 12.1 Å². The second-order valence-electron chi connectivity index (χ2n) is 7.10. The van der Waals surface area contributed by atoms with Gasteiger partial charge < -0.3 is 9.64 Å². The number of halogens is 1. The zero-order valence-corrected chi connectivity index (χ0v) is 14.5. The van der Waals surface area contributed by atoms with Crippen LogP contribution >= 0.6 is 0 Å². The van der Waals surface area contributed by atoms with E-state index in [1.165, 1.54) is 6.07 Å². The Balaban J connectivity index is 1.98. The van der Waals surface area contributed by atoms with Crippen molar-refractivity contribution in [1.82, 2.24) is 14.8 Å². The molecular weight excluding hydrogens is 297 g/mol. The number of carbonyl (C=O) groups excluding carboxylic acids is 1. The summed E-state index contributed by atoms with van der Waals surface area (Å²) in [4.78, 5) is 20.0. The SMILES string of the molecule is C[C@@H]1CN(C(=O)OC(C)(C)C)CCN1[C@H](C)c1ccc(F)nc1. The minimum absolute atomic E-state index is 0.124. The lowest BCUT2D eigenvalue weighted by atomic mass is 10.1. The van der Waals surface area contributed by atoms with Gasteiger partial charge in [0.15, 0.2) is 0 Å². The molecule has 0 bridgehead atoms. The smallest absolute Gasteiger partial charge is 0.410 e. The summed E-state index contributed by atoms with van der Waals surface area (Å²) in [7, 11) is 0. The third-order valence-corrected chi connectivity index (χ3v) is 4.06. The first-order valence-corrected chi connectivity index (χ1v) is 8.02. The van der Waals surface area contributed by atoms with Crippen LogP contribution in [0.5, 0.6) is 0 Å². The van der Waals surface area contributed by atoms with Gasteiger partial charge in [-0.1, -0.05) is 6.07 Å². The lowest BCUT2D eigenvalue weighted by Crippen LogP contribution is -2.54. The number of hydrogen-bond donors (Lipinski definition) is 0. The fourth-order valence-corrected chi connectivity index (χ4v) is 2.87. The van der Waals surface area contributed by atoms with Crippen LogP contribution in [0.1, 0.15) is 46.2 Å². The minimum Gasteiger partial charge on any atom is -0.444 e. The Morgan fingerprint density at radius 2 is 2.09 bits per heavy atom. The average Bonchev–Trinajstić information content (AvgIpc) is 2.45. The summed E-state index contributed by atoms with van der Waals surface area (Å²) in [6.07, 6.45) is 1.31. The summed E-state index contributed by atoms with van der Waals surface area (Å²) >= 11 is 0. The van der Waals surface area contributed by atoms with Gasteiger partial charge in [0, 0.05) is 37.9 Å². The molecule has 1 aliphatic rings. The number of amides is 1. The lowest BCUT2D eigenvalue weighted by Gasteiger charge is -2.43. The second-order valence-corrected chi connectivity index (χ2v) is 7.10. The first-order valence-electron chi connectivity index (χ1n) is 8.02. The van der Waals surface area contributed by atoms with E-state index in [4.69, 9.17) is 4.74 Å². The summed E-state index contributed by atoms with van der Waals surface area (Å²) in [6.45, 7) is 11.8. The average molecular weight is 323 g/mol. The van der Waals surface area contributed by atoms with Crippen LogP contribution in [0.2, 0.25) is 0 Å². The Kier molecular flexibility index (Phi) is 5.24. The summed E-state index contributed by atoms with van der Waals surface area (Å²) in [5.41, 5.74) is 0.494. The van der Waals surface area contributed by atoms with Crippen LogP contribution in [0.25, 0.3) is 0 Å². The number of pyridine rings is 1. The highest BCUT2D eigenvalue weighted by atomic mass is 19.1. The maximum atomic E-state index is 13.0. The van der Waals surface area contributed by atoms with Crippen LogP contribution in [0.15, 0.2) is 18.3 Å².